The summed E-state index contributed by atoms with van der Waals surface area (Å²) in [4.78, 5) is 4.37. The van der Waals surface area contributed by atoms with E-state index in [4.69, 9.17) is 5.73 Å². The molecular weight excluding hydrogens is 292 g/mol. The van der Waals surface area contributed by atoms with Gasteiger partial charge in [-0.1, -0.05) is 0 Å². The minimum atomic E-state index is -0.192. The van der Waals surface area contributed by atoms with E-state index in [1.807, 2.05) is 30.7 Å². The van der Waals surface area contributed by atoms with Gasteiger partial charge in [-0.25, -0.2) is 0 Å². The van der Waals surface area contributed by atoms with Crippen LogP contribution in [0.3, 0.4) is 0 Å². The average molecular weight is 309 g/mol. The molecule has 2 heterocycles. The molecule has 0 saturated carbocycles. The highest BCUT2D eigenvalue weighted by molar-refractivity contribution is 9.10. The van der Waals surface area contributed by atoms with Crippen LogP contribution in [0.1, 0.15) is 35.6 Å². The fraction of sp³-hybridized carbons (Fsp3) is 0.385. The Labute approximate surface area is 115 Å². The topological polar surface area (TPSA) is 56.7 Å². The molecule has 0 saturated heterocycles. The first-order valence-corrected chi connectivity index (χ1v) is 6.74. The summed E-state index contributed by atoms with van der Waals surface area (Å²) in [6.07, 6.45) is 1.79. The molecule has 0 aliphatic rings. The van der Waals surface area contributed by atoms with Crippen LogP contribution in [0, 0.1) is 13.8 Å². The first-order chi connectivity index (χ1) is 8.52. The second-order valence-electron chi connectivity index (χ2n) is 4.35. The van der Waals surface area contributed by atoms with E-state index in [1.165, 1.54) is 0 Å². The molecule has 2 rings (SSSR count). The van der Waals surface area contributed by atoms with Gasteiger partial charge < -0.3 is 5.73 Å². The zero-order valence-electron chi connectivity index (χ0n) is 10.8. The number of aryl methyl sites for hydroxylation is 3. The van der Waals surface area contributed by atoms with Crippen molar-refractivity contribution in [3.05, 3.63) is 45.4 Å². The van der Waals surface area contributed by atoms with E-state index in [2.05, 4.69) is 32.9 Å². The summed E-state index contributed by atoms with van der Waals surface area (Å²) in [6, 6.07) is 3.86. The molecule has 2 aromatic heterocycles. The van der Waals surface area contributed by atoms with Gasteiger partial charge in [-0.3, -0.25) is 9.67 Å². The van der Waals surface area contributed by atoms with Crippen molar-refractivity contribution in [1.82, 2.24) is 14.8 Å². The lowest BCUT2D eigenvalue weighted by Gasteiger charge is -2.15. The molecule has 0 aliphatic carbocycles. The predicted molar refractivity (Wildman–Crippen MR) is 75.3 cm³/mol. The number of nitrogens with zero attached hydrogens (tertiary/aromatic N) is 3. The van der Waals surface area contributed by atoms with Gasteiger partial charge in [0.05, 0.1) is 22.4 Å². The zero-order chi connectivity index (χ0) is 13.3. The molecule has 0 radical (unpaired) electrons. The number of pyridine rings is 1. The summed E-state index contributed by atoms with van der Waals surface area (Å²) in [5.74, 6) is 0. The van der Waals surface area contributed by atoms with Gasteiger partial charge in [0.15, 0.2) is 0 Å². The molecule has 2 N–H and O–H groups in total. The third-order valence-electron chi connectivity index (χ3n) is 2.89. The standard InChI is InChI=1S/C13H17BrN4/c1-4-18-13(11(14)7-16-18)12(15)10-5-8(2)17-9(3)6-10/h5-7,12H,4,15H2,1-3H3. The summed E-state index contributed by atoms with van der Waals surface area (Å²) in [6.45, 7) is 6.82. The maximum Gasteiger partial charge on any atom is 0.0738 e. The lowest BCUT2D eigenvalue weighted by atomic mass is 10.0. The number of halogens is 1. The maximum atomic E-state index is 6.36. The monoisotopic (exact) mass is 308 g/mol. The van der Waals surface area contributed by atoms with Crippen LogP contribution < -0.4 is 5.73 Å². The summed E-state index contributed by atoms with van der Waals surface area (Å²) >= 11 is 3.51. The van der Waals surface area contributed by atoms with E-state index in [1.54, 1.807) is 6.20 Å². The Morgan fingerprint density at radius 2 is 1.94 bits per heavy atom. The fourth-order valence-electron chi connectivity index (χ4n) is 2.14. The Morgan fingerprint density at radius 1 is 1.33 bits per heavy atom. The maximum absolute atomic E-state index is 6.36. The largest absolute Gasteiger partial charge is 0.319 e. The Balaban J connectivity index is 2.47. The van der Waals surface area contributed by atoms with Gasteiger partial charge in [0.25, 0.3) is 0 Å². The molecule has 0 bridgehead atoms. The molecule has 0 amide bonds. The van der Waals surface area contributed by atoms with Crippen molar-refractivity contribution in [1.29, 1.82) is 0 Å². The molecule has 2 aromatic rings. The Morgan fingerprint density at radius 3 is 2.50 bits per heavy atom. The summed E-state index contributed by atoms with van der Waals surface area (Å²) < 4.78 is 2.86. The minimum absolute atomic E-state index is 0.192. The number of nitrogens with two attached hydrogens (primary N) is 1. The van der Waals surface area contributed by atoms with E-state index < -0.39 is 0 Å². The first kappa shape index (κ1) is 13.2. The second kappa shape index (κ2) is 5.20. The smallest absolute Gasteiger partial charge is 0.0738 e. The highest BCUT2D eigenvalue weighted by Crippen LogP contribution is 2.27. The van der Waals surface area contributed by atoms with Crippen molar-refractivity contribution < 1.29 is 0 Å². The van der Waals surface area contributed by atoms with E-state index in [-0.39, 0.29) is 6.04 Å². The van der Waals surface area contributed by atoms with Crippen LogP contribution in [-0.4, -0.2) is 14.8 Å². The molecule has 96 valence electrons. The minimum Gasteiger partial charge on any atom is -0.319 e. The van der Waals surface area contributed by atoms with Gasteiger partial charge in [0.2, 0.25) is 0 Å². The van der Waals surface area contributed by atoms with Crippen LogP contribution in [0.2, 0.25) is 0 Å². The quantitative estimate of drug-likeness (QED) is 0.948. The van der Waals surface area contributed by atoms with Crippen molar-refractivity contribution >= 4 is 15.9 Å². The van der Waals surface area contributed by atoms with Crippen LogP contribution in [0.5, 0.6) is 0 Å². The predicted octanol–water partition coefficient (Wildman–Crippen LogP) is 2.73. The van der Waals surface area contributed by atoms with Gasteiger partial charge >= 0.3 is 0 Å². The van der Waals surface area contributed by atoms with Crippen LogP contribution >= 0.6 is 15.9 Å². The fourth-order valence-corrected chi connectivity index (χ4v) is 2.68. The lowest BCUT2D eigenvalue weighted by Crippen LogP contribution is -2.18. The number of hydrogen-bond acceptors (Lipinski definition) is 3. The van der Waals surface area contributed by atoms with Crippen LogP contribution in [0.25, 0.3) is 0 Å². The van der Waals surface area contributed by atoms with Crippen molar-refractivity contribution in [2.24, 2.45) is 5.73 Å². The molecule has 1 unspecified atom stereocenters. The highest BCUT2D eigenvalue weighted by atomic mass is 79.9. The average Bonchev–Trinajstić information content (AvgIpc) is 2.68. The van der Waals surface area contributed by atoms with Gasteiger partial charge in [-0.05, 0) is 54.4 Å². The van der Waals surface area contributed by atoms with E-state index in [9.17, 15) is 0 Å². The van der Waals surface area contributed by atoms with Gasteiger partial charge in [-0.15, -0.1) is 0 Å². The van der Waals surface area contributed by atoms with E-state index >= 15 is 0 Å². The van der Waals surface area contributed by atoms with Gasteiger partial charge in [-0.2, -0.15) is 5.10 Å². The van der Waals surface area contributed by atoms with E-state index in [0.717, 1.165) is 33.7 Å². The number of aromatic nitrogens is 3. The molecule has 1 atom stereocenters. The molecule has 4 nitrogen and oxygen atoms in total. The van der Waals surface area contributed by atoms with Crippen molar-refractivity contribution in [2.45, 2.75) is 33.4 Å². The lowest BCUT2D eigenvalue weighted by molar-refractivity contribution is 0.599. The van der Waals surface area contributed by atoms with Crippen LogP contribution in [0.4, 0.5) is 0 Å². The molecule has 18 heavy (non-hydrogen) atoms. The van der Waals surface area contributed by atoms with Crippen molar-refractivity contribution in [3.63, 3.8) is 0 Å². The Kier molecular flexibility index (Phi) is 3.82. The molecule has 0 spiro atoms. The summed E-state index contributed by atoms with van der Waals surface area (Å²) in [7, 11) is 0. The normalized spacial score (nSPS) is 12.7. The first-order valence-electron chi connectivity index (χ1n) is 5.95. The van der Waals surface area contributed by atoms with Crippen LogP contribution in [0.15, 0.2) is 22.8 Å². The number of rotatable bonds is 3. The Bertz CT molecular complexity index is 542. The van der Waals surface area contributed by atoms with Crippen LogP contribution in [-0.2, 0) is 6.54 Å². The Hall–Kier alpha value is -1.20. The molecule has 0 aromatic carbocycles. The molecule has 0 fully saturated rings. The molecule has 5 heteroatoms. The van der Waals surface area contributed by atoms with E-state index in [0.29, 0.717) is 0 Å². The molecule has 0 aliphatic heterocycles. The van der Waals surface area contributed by atoms with Gasteiger partial charge in [0, 0.05) is 17.9 Å². The van der Waals surface area contributed by atoms with Crippen molar-refractivity contribution in [2.75, 3.05) is 0 Å². The van der Waals surface area contributed by atoms with Crippen molar-refractivity contribution in [3.8, 4) is 0 Å². The summed E-state index contributed by atoms with van der Waals surface area (Å²) in [5, 5.41) is 4.30. The SMILES string of the molecule is CCn1ncc(Br)c1C(N)c1cc(C)nc(C)c1. The van der Waals surface area contributed by atoms with Gasteiger partial charge in [0.1, 0.15) is 0 Å². The number of hydrogen-bond donors (Lipinski definition) is 1. The third-order valence-corrected chi connectivity index (χ3v) is 3.50. The zero-order valence-corrected chi connectivity index (χ0v) is 12.4. The molecular formula is C13H17BrN4. The third kappa shape index (κ3) is 2.47. The summed E-state index contributed by atoms with van der Waals surface area (Å²) in [5.41, 5.74) is 10.4. The second-order valence-corrected chi connectivity index (χ2v) is 5.21. The highest BCUT2D eigenvalue weighted by Gasteiger charge is 2.18.